The number of likely N-dealkylation sites (N-methyl/N-ethyl adjacent to an activating group) is 1. The first-order chi connectivity index (χ1) is 8.19. The molecule has 17 heavy (non-hydrogen) atoms. The summed E-state index contributed by atoms with van der Waals surface area (Å²) in [6.07, 6.45) is 1.07. The molecule has 0 radical (unpaired) electrons. The number of ether oxygens (including phenoxy) is 1. The molecule has 0 spiro atoms. The van der Waals surface area contributed by atoms with Crippen molar-refractivity contribution in [3.05, 3.63) is 29.8 Å². The van der Waals surface area contributed by atoms with Crippen molar-refractivity contribution < 1.29 is 4.74 Å². The summed E-state index contributed by atoms with van der Waals surface area (Å²) < 4.78 is 5.14. The minimum Gasteiger partial charge on any atom is -0.463 e. The maximum absolute atomic E-state index is 5.49. The fourth-order valence-electron chi connectivity index (χ4n) is 1.94. The molecule has 2 rings (SSSR count). The number of hydrogen-bond acceptors (Lipinski definition) is 4. The number of aliphatic imine (C=N–C) groups is 1. The average molecular weight is 233 g/mol. The van der Waals surface area contributed by atoms with Crippen LogP contribution in [0.1, 0.15) is 12.5 Å². The van der Waals surface area contributed by atoms with Gasteiger partial charge >= 0.3 is 0 Å². The lowest BCUT2D eigenvalue weighted by Gasteiger charge is -2.21. The van der Waals surface area contributed by atoms with Gasteiger partial charge in [-0.15, -0.1) is 0 Å². The number of anilines is 1. The van der Waals surface area contributed by atoms with Crippen LogP contribution in [0.4, 0.5) is 5.69 Å². The van der Waals surface area contributed by atoms with Crippen LogP contribution in [-0.4, -0.2) is 32.3 Å². The van der Waals surface area contributed by atoms with Crippen LogP contribution < -0.4 is 10.6 Å². The normalized spacial score (nSPS) is 18.7. The van der Waals surface area contributed by atoms with E-state index in [-0.39, 0.29) is 6.04 Å². The zero-order chi connectivity index (χ0) is 12.3. The molecule has 0 amide bonds. The first-order valence-corrected chi connectivity index (χ1v) is 5.95. The van der Waals surface area contributed by atoms with Gasteiger partial charge in [0.25, 0.3) is 6.02 Å². The second-order valence-corrected chi connectivity index (χ2v) is 4.33. The quantitative estimate of drug-likeness (QED) is 0.855. The Morgan fingerprint density at radius 2 is 2.12 bits per heavy atom. The third-order valence-electron chi connectivity index (χ3n) is 3.00. The molecule has 92 valence electrons. The van der Waals surface area contributed by atoms with Crippen LogP contribution in [-0.2, 0) is 11.2 Å². The number of hydrogen-bond donors (Lipinski definition) is 1. The molecule has 0 bridgehead atoms. The third-order valence-corrected chi connectivity index (χ3v) is 3.00. The summed E-state index contributed by atoms with van der Waals surface area (Å²) in [4.78, 5) is 6.39. The van der Waals surface area contributed by atoms with Crippen molar-refractivity contribution in [3.8, 4) is 0 Å². The van der Waals surface area contributed by atoms with Gasteiger partial charge in [-0.1, -0.05) is 19.1 Å². The molecule has 0 aliphatic carbocycles. The Morgan fingerprint density at radius 3 is 2.65 bits per heavy atom. The number of aryl methyl sites for hydroxylation is 1. The van der Waals surface area contributed by atoms with E-state index in [0.29, 0.717) is 12.6 Å². The largest absolute Gasteiger partial charge is 0.463 e. The van der Waals surface area contributed by atoms with Crippen LogP contribution in [0.25, 0.3) is 0 Å². The van der Waals surface area contributed by atoms with Crippen molar-refractivity contribution in [1.29, 1.82) is 0 Å². The Bertz CT molecular complexity index is 400. The van der Waals surface area contributed by atoms with E-state index in [1.54, 1.807) is 0 Å². The highest BCUT2D eigenvalue weighted by molar-refractivity contribution is 5.73. The molecule has 1 atom stereocenters. The van der Waals surface area contributed by atoms with Gasteiger partial charge in [-0.2, -0.15) is 0 Å². The first kappa shape index (κ1) is 11.8. The van der Waals surface area contributed by atoms with E-state index in [1.807, 2.05) is 0 Å². The molecule has 0 aromatic heterocycles. The standard InChI is InChI=1S/C13H19N3O/c1-3-10-4-6-12(7-5-10)16(2)8-11-9-17-13(14)15-11/h4-7,11H,3,8-9H2,1-2H3,(H2,14,15)/t11-/m0/s1. The van der Waals surface area contributed by atoms with E-state index in [4.69, 9.17) is 10.5 Å². The van der Waals surface area contributed by atoms with Gasteiger partial charge in [0.1, 0.15) is 12.6 Å². The number of benzene rings is 1. The van der Waals surface area contributed by atoms with Crippen molar-refractivity contribution in [1.82, 2.24) is 0 Å². The smallest absolute Gasteiger partial charge is 0.282 e. The second-order valence-electron chi connectivity index (χ2n) is 4.33. The van der Waals surface area contributed by atoms with E-state index in [9.17, 15) is 0 Å². The molecule has 0 saturated carbocycles. The molecule has 4 nitrogen and oxygen atoms in total. The van der Waals surface area contributed by atoms with Crippen LogP contribution in [0.5, 0.6) is 0 Å². The molecule has 1 aliphatic rings. The molecular formula is C13H19N3O. The highest BCUT2D eigenvalue weighted by atomic mass is 16.5. The summed E-state index contributed by atoms with van der Waals surface area (Å²) in [5.74, 6) is 0. The molecule has 1 aromatic carbocycles. The number of rotatable bonds is 4. The maximum atomic E-state index is 5.49. The van der Waals surface area contributed by atoms with Crippen LogP contribution in [0, 0.1) is 0 Å². The number of amidine groups is 1. The summed E-state index contributed by atoms with van der Waals surface area (Å²) in [7, 11) is 2.06. The molecule has 1 aromatic rings. The van der Waals surface area contributed by atoms with Crippen molar-refractivity contribution in [3.63, 3.8) is 0 Å². The zero-order valence-electron chi connectivity index (χ0n) is 10.4. The van der Waals surface area contributed by atoms with Gasteiger partial charge in [0, 0.05) is 19.3 Å². The molecular weight excluding hydrogens is 214 g/mol. The second kappa shape index (κ2) is 5.08. The number of nitrogens with two attached hydrogens (primary N) is 1. The molecule has 0 fully saturated rings. The topological polar surface area (TPSA) is 50.9 Å². The Morgan fingerprint density at radius 1 is 1.41 bits per heavy atom. The predicted octanol–water partition coefficient (Wildman–Crippen LogP) is 1.40. The van der Waals surface area contributed by atoms with Crippen LogP contribution >= 0.6 is 0 Å². The van der Waals surface area contributed by atoms with E-state index in [0.717, 1.165) is 13.0 Å². The van der Waals surface area contributed by atoms with E-state index in [2.05, 4.69) is 48.1 Å². The van der Waals surface area contributed by atoms with Gasteiger partial charge in [-0.05, 0) is 24.1 Å². The predicted molar refractivity (Wildman–Crippen MR) is 70.5 cm³/mol. The molecule has 0 saturated heterocycles. The Labute approximate surface area is 102 Å². The lowest BCUT2D eigenvalue weighted by atomic mass is 10.1. The van der Waals surface area contributed by atoms with Gasteiger partial charge < -0.3 is 15.4 Å². The van der Waals surface area contributed by atoms with E-state index >= 15 is 0 Å². The number of nitrogens with zero attached hydrogens (tertiary/aromatic N) is 2. The van der Waals surface area contributed by atoms with Crippen LogP contribution in [0.2, 0.25) is 0 Å². The zero-order valence-corrected chi connectivity index (χ0v) is 10.4. The highest BCUT2D eigenvalue weighted by Crippen LogP contribution is 2.15. The highest BCUT2D eigenvalue weighted by Gasteiger charge is 2.18. The van der Waals surface area contributed by atoms with Gasteiger partial charge in [0.05, 0.1) is 0 Å². The molecule has 2 N–H and O–H groups in total. The Kier molecular flexibility index (Phi) is 3.52. The Hall–Kier alpha value is -1.71. The van der Waals surface area contributed by atoms with Crippen LogP contribution in [0.15, 0.2) is 29.3 Å². The Balaban J connectivity index is 1.97. The summed E-state index contributed by atoms with van der Waals surface area (Å²) in [5, 5.41) is 0. The van der Waals surface area contributed by atoms with E-state index in [1.165, 1.54) is 11.3 Å². The van der Waals surface area contributed by atoms with E-state index < -0.39 is 0 Å². The van der Waals surface area contributed by atoms with Crippen molar-refractivity contribution in [2.24, 2.45) is 10.7 Å². The van der Waals surface area contributed by atoms with Gasteiger partial charge in [0.2, 0.25) is 0 Å². The average Bonchev–Trinajstić information content (AvgIpc) is 2.75. The first-order valence-electron chi connectivity index (χ1n) is 5.95. The van der Waals surface area contributed by atoms with Crippen molar-refractivity contribution in [2.75, 3.05) is 25.1 Å². The minimum atomic E-state index is 0.144. The minimum absolute atomic E-state index is 0.144. The molecule has 0 unspecified atom stereocenters. The van der Waals surface area contributed by atoms with Crippen molar-refractivity contribution >= 4 is 11.7 Å². The fourth-order valence-corrected chi connectivity index (χ4v) is 1.94. The SMILES string of the molecule is CCc1ccc(N(C)C[C@H]2COC(N)=N2)cc1. The maximum Gasteiger partial charge on any atom is 0.282 e. The molecule has 1 aliphatic heterocycles. The van der Waals surface area contributed by atoms with Gasteiger partial charge in [-0.25, -0.2) is 4.99 Å². The molecule has 1 heterocycles. The third kappa shape index (κ3) is 2.90. The summed E-state index contributed by atoms with van der Waals surface area (Å²) >= 11 is 0. The van der Waals surface area contributed by atoms with Gasteiger partial charge in [-0.3, -0.25) is 0 Å². The summed E-state index contributed by atoms with van der Waals surface area (Å²) in [5.41, 5.74) is 8.04. The lowest BCUT2D eigenvalue weighted by Crippen LogP contribution is -2.28. The van der Waals surface area contributed by atoms with Crippen molar-refractivity contribution in [2.45, 2.75) is 19.4 Å². The van der Waals surface area contributed by atoms with Gasteiger partial charge in [0.15, 0.2) is 0 Å². The fraction of sp³-hybridized carbons (Fsp3) is 0.462. The monoisotopic (exact) mass is 233 g/mol. The lowest BCUT2D eigenvalue weighted by molar-refractivity contribution is 0.314. The molecule has 4 heteroatoms. The van der Waals surface area contributed by atoms with Crippen LogP contribution in [0.3, 0.4) is 0 Å². The summed E-state index contributed by atoms with van der Waals surface area (Å²) in [6.45, 7) is 3.57. The summed E-state index contributed by atoms with van der Waals surface area (Å²) in [6, 6.07) is 9.06.